The zero-order valence-electron chi connectivity index (χ0n) is 11.8. The van der Waals surface area contributed by atoms with Gasteiger partial charge < -0.3 is 23.7 Å². The molecule has 0 radical (unpaired) electrons. The molecule has 0 bridgehead atoms. The lowest BCUT2D eigenvalue weighted by Gasteiger charge is -2.06. The molecule has 0 aromatic heterocycles. The summed E-state index contributed by atoms with van der Waals surface area (Å²) >= 11 is 0. The van der Waals surface area contributed by atoms with Crippen molar-refractivity contribution in [1.82, 2.24) is 0 Å². The van der Waals surface area contributed by atoms with Gasteiger partial charge >= 0.3 is 0 Å². The van der Waals surface area contributed by atoms with E-state index < -0.39 is 0 Å². The van der Waals surface area contributed by atoms with Crippen molar-refractivity contribution in [3.63, 3.8) is 0 Å². The molecular formula is C14H26O5. The fourth-order valence-electron chi connectivity index (χ4n) is 1.18. The number of allylic oxidation sites excluding steroid dienone is 1. The van der Waals surface area contributed by atoms with Gasteiger partial charge in [-0.2, -0.15) is 0 Å². The Balaban J connectivity index is 2.95. The first kappa shape index (κ1) is 18.2. The third-order valence-electron chi connectivity index (χ3n) is 2.11. The van der Waals surface area contributed by atoms with Crippen LogP contribution in [0.15, 0.2) is 12.2 Å². The van der Waals surface area contributed by atoms with Gasteiger partial charge in [-0.3, -0.25) is 0 Å². The van der Waals surface area contributed by atoms with Gasteiger partial charge in [-0.1, -0.05) is 19.1 Å². The largest absolute Gasteiger partial charge is 0.379 e. The van der Waals surface area contributed by atoms with Crippen molar-refractivity contribution >= 4 is 6.29 Å². The minimum absolute atomic E-state index is 0.441. The zero-order chi connectivity index (χ0) is 14.0. The van der Waals surface area contributed by atoms with Crippen molar-refractivity contribution in [2.24, 2.45) is 0 Å². The van der Waals surface area contributed by atoms with E-state index >= 15 is 0 Å². The second-order valence-electron chi connectivity index (χ2n) is 3.75. The summed E-state index contributed by atoms with van der Waals surface area (Å²) in [5, 5.41) is 0. The minimum atomic E-state index is 0.441. The third-order valence-corrected chi connectivity index (χ3v) is 2.11. The molecule has 0 atom stereocenters. The fourth-order valence-corrected chi connectivity index (χ4v) is 1.18. The minimum Gasteiger partial charge on any atom is -0.379 e. The van der Waals surface area contributed by atoms with Gasteiger partial charge in [-0.05, 0) is 6.42 Å². The number of carbonyl (C=O) groups is 1. The highest BCUT2D eigenvalue weighted by Crippen LogP contribution is 1.85. The third kappa shape index (κ3) is 17.2. The van der Waals surface area contributed by atoms with Gasteiger partial charge in [0.2, 0.25) is 0 Å². The van der Waals surface area contributed by atoms with Crippen molar-refractivity contribution in [3.05, 3.63) is 12.2 Å². The molecule has 0 unspecified atom stereocenters. The topological polar surface area (TPSA) is 54.0 Å². The van der Waals surface area contributed by atoms with Crippen LogP contribution in [-0.2, 0) is 23.7 Å². The Labute approximate surface area is 115 Å². The average Bonchev–Trinajstić information content (AvgIpc) is 2.43. The van der Waals surface area contributed by atoms with E-state index in [4.69, 9.17) is 18.9 Å². The summed E-state index contributed by atoms with van der Waals surface area (Å²) in [6, 6.07) is 0. The standard InChI is InChI=1S/C14H26O5/c1-2-3-4-7-16-9-11-18-13-14-19-12-10-17-8-5-6-15/h3-4,6H,2,5,7-14H2,1H3. The van der Waals surface area contributed by atoms with Crippen LogP contribution >= 0.6 is 0 Å². The van der Waals surface area contributed by atoms with Gasteiger partial charge in [0, 0.05) is 6.42 Å². The summed E-state index contributed by atoms with van der Waals surface area (Å²) in [5.41, 5.74) is 0. The number of aldehydes is 1. The molecule has 0 saturated carbocycles. The highest BCUT2D eigenvalue weighted by atomic mass is 16.6. The van der Waals surface area contributed by atoms with Crippen LogP contribution in [0.25, 0.3) is 0 Å². The lowest BCUT2D eigenvalue weighted by atomic mass is 10.4. The summed E-state index contributed by atoms with van der Waals surface area (Å²) in [6.45, 7) is 6.53. The molecule has 0 saturated heterocycles. The first-order valence-electron chi connectivity index (χ1n) is 6.81. The average molecular weight is 274 g/mol. The maximum Gasteiger partial charge on any atom is 0.122 e. The molecule has 0 fully saturated rings. The molecule has 0 heterocycles. The number of hydrogen-bond acceptors (Lipinski definition) is 5. The highest BCUT2D eigenvalue weighted by molar-refractivity contribution is 5.49. The molecule has 5 heteroatoms. The molecule has 112 valence electrons. The predicted molar refractivity (Wildman–Crippen MR) is 73.4 cm³/mol. The SMILES string of the molecule is CCC=CCOCCOCCOCCOCCC=O. The van der Waals surface area contributed by atoms with Gasteiger partial charge in [-0.15, -0.1) is 0 Å². The first-order chi connectivity index (χ1) is 9.41. The lowest BCUT2D eigenvalue weighted by Crippen LogP contribution is -2.12. The normalized spacial score (nSPS) is 11.2. The molecule has 0 aliphatic rings. The fraction of sp³-hybridized carbons (Fsp3) is 0.786. The van der Waals surface area contributed by atoms with Crippen LogP contribution in [0.3, 0.4) is 0 Å². The number of ether oxygens (including phenoxy) is 4. The Bertz CT molecular complexity index is 206. The van der Waals surface area contributed by atoms with Gasteiger partial charge in [-0.25, -0.2) is 0 Å². The van der Waals surface area contributed by atoms with Crippen LogP contribution in [0.5, 0.6) is 0 Å². The molecule has 0 aromatic carbocycles. The van der Waals surface area contributed by atoms with Gasteiger partial charge in [0.25, 0.3) is 0 Å². The highest BCUT2D eigenvalue weighted by Gasteiger charge is 1.91. The van der Waals surface area contributed by atoms with E-state index in [1.165, 1.54) is 0 Å². The van der Waals surface area contributed by atoms with E-state index in [-0.39, 0.29) is 0 Å². The Kier molecular flexibility index (Phi) is 16.6. The summed E-state index contributed by atoms with van der Waals surface area (Å²) in [4.78, 5) is 10.00. The quantitative estimate of drug-likeness (QED) is 0.258. The summed E-state index contributed by atoms with van der Waals surface area (Å²) < 4.78 is 21.1. The predicted octanol–water partition coefficient (Wildman–Crippen LogP) is 1.61. The van der Waals surface area contributed by atoms with Crippen LogP contribution in [0.4, 0.5) is 0 Å². The van der Waals surface area contributed by atoms with E-state index in [0.717, 1.165) is 12.7 Å². The maximum atomic E-state index is 10.00. The lowest BCUT2D eigenvalue weighted by molar-refractivity contribution is -0.108. The zero-order valence-corrected chi connectivity index (χ0v) is 11.8. The van der Waals surface area contributed by atoms with Gasteiger partial charge in [0.1, 0.15) is 6.29 Å². The monoisotopic (exact) mass is 274 g/mol. The van der Waals surface area contributed by atoms with E-state index in [9.17, 15) is 4.79 Å². The molecule has 5 nitrogen and oxygen atoms in total. The van der Waals surface area contributed by atoms with Crippen molar-refractivity contribution in [1.29, 1.82) is 0 Å². The van der Waals surface area contributed by atoms with Crippen LogP contribution in [0, 0.1) is 0 Å². The van der Waals surface area contributed by atoms with E-state index in [1.54, 1.807) is 0 Å². The Morgan fingerprint density at radius 2 is 1.26 bits per heavy atom. The van der Waals surface area contributed by atoms with E-state index in [0.29, 0.717) is 59.3 Å². The molecule has 0 aliphatic carbocycles. The van der Waals surface area contributed by atoms with Gasteiger partial charge in [0.05, 0.1) is 52.9 Å². The molecule has 19 heavy (non-hydrogen) atoms. The van der Waals surface area contributed by atoms with E-state index in [2.05, 4.69) is 13.0 Å². The second kappa shape index (κ2) is 17.2. The Morgan fingerprint density at radius 1 is 0.737 bits per heavy atom. The molecule has 0 amide bonds. The number of rotatable bonds is 15. The van der Waals surface area contributed by atoms with Crippen LogP contribution in [0.1, 0.15) is 19.8 Å². The van der Waals surface area contributed by atoms with E-state index in [1.807, 2.05) is 6.08 Å². The van der Waals surface area contributed by atoms with Crippen LogP contribution in [0.2, 0.25) is 0 Å². The smallest absolute Gasteiger partial charge is 0.122 e. The summed E-state index contributed by atoms with van der Waals surface area (Å²) in [5.74, 6) is 0. The van der Waals surface area contributed by atoms with Crippen molar-refractivity contribution < 1.29 is 23.7 Å². The molecule has 0 N–H and O–H groups in total. The van der Waals surface area contributed by atoms with Crippen molar-refractivity contribution in [2.45, 2.75) is 19.8 Å². The van der Waals surface area contributed by atoms with Crippen LogP contribution < -0.4 is 0 Å². The summed E-state index contributed by atoms with van der Waals surface area (Å²) in [6.07, 6.45) is 6.40. The molecular weight excluding hydrogens is 248 g/mol. The Morgan fingerprint density at radius 3 is 1.79 bits per heavy atom. The second-order valence-corrected chi connectivity index (χ2v) is 3.75. The first-order valence-corrected chi connectivity index (χ1v) is 6.81. The maximum absolute atomic E-state index is 10.00. The summed E-state index contributed by atoms with van der Waals surface area (Å²) in [7, 11) is 0. The van der Waals surface area contributed by atoms with Crippen molar-refractivity contribution in [3.8, 4) is 0 Å². The number of hydrogen-bond donors (Lipinski definition) is 0. The number of carbonyl (C=O) groups excluding carboxylic acids is 1. The molecule has 0 aromatic rings. The molecule has 0 rings (SSSR count). The Hall–Kier alpha value is -0.750. The molecule has 0 aliphatic heterocycles. The van der Waals surface area contributed by atoms with Gasteiger partial charge in [0.15, 0.2) is 0 Å². The molecule has 0 spiro atoms. The van der Waals surface area contributed by atoms with Crippen LogP contribution in [-0.4, -0.2) is 59.1 Å². The van der Waals surface area contributed by atoms with Crippen molar-refractivity contribution in [2.75, 3.05) is 52.9 Å².